The number of imide groups is 1. The van der Waals surface area contributed by atoms with E-state index in [2.05, 4.69) is 17.5 Å². The molecule has 7 atom stereocenters. The fourth-order valence-corrected chi connectivity index (χ4v) is 6.54. The van der Waals surface area contributed by atoms with Gasteiger partial charge in [0.15, 0.2) is 0 Å². The van der Waals surface area contributed by atoms with E-state index in [0.29, 0.717) is 22.5 Å². The highest BCUT2D eigenvalue weighted by Crippen LogP contribution is 2.65. The lowest BCUT2D eigenvalue weighted by Gasteiger charge is -2.37. The molecule has 5 nitrogen and oxygen atoms in total. The Morgan fingerprint density at radius 1 is 1.03 bits per heavy atom. The Morgan fingerprint density at radius 3 is 2.30 bits per heavy atom. The molecular weight excluding hydrogens is 436 g/mol. The van der Waals surface area contributed by atoms with Gasteiger partial charge in [0, 0.05) is 17.1 Å². The second kappa shape index (κ2) is 7.56. The molecule has 2 saturated carbocycles. The minimum Gasteiger partial charge on any atom is -0.324 e. The third-order valence-electron chi connectivity index (χ3n) is 8.04. The van der Waals surface area contributed by atoms with E-state index < -0.39 is 6.04 Å². The molecule has 5 aliphatic rings. The first kappa shape index (κ1) is 20.7. The highest BCUT2D eigenvalue weighted by Gasteiger charge is 2.67. The van der Waals surface area contributed by atoms with Crippen molar-refractivity contribution in [3.05, 3.63) is 76.8 Å². The number of rotatable bonds is 5. The van der Waals surface area contributed by atoms with Gasteiger partial charge in [-0.3, -0.25) is 19.3 Å². The number of nitrogens with one attached hydrogen (secondary N) is 1. The Labute approximate surface area is 197 Å². The van der Waals surface area contributed by atoms with Crippen molar-refractivity contribution in [3.63, 3.8) is 0 Å². The summed E-state index contributed by atoms with van der Waals surface area (Å²) in [6.07, 6.45) is 5.68. The third kappa shape index (κ3) is 3.24. The minimum atomic E-state index is -0.910. The van der Waals surface area contributed by atoms with E-state index in [1.54, 1.807) is 12.1 Å². The number of allylic oxidation sites excluding steroid dienone is 2. The molecule has 33 heavy (non-hydrogen) atoms. The van der Waals surface area contributed by atoms with Crippen LogP contribution in [0.2, 0.25) is 5.02 Å². The van der Waals surface area contributed by atoms with Crippen molar-refractivity contribution >= 4 is 35.0 Å². The SMILES string of the molecule is Cc1ccc(Cl)cc1NC(=O)[C@@H](Cc1ccccc1)N1C(=O)[C@H]2[C@@H]3C=C[C@H]([C@H]4C[C@H]34)[C@@H]2C1=O. The van der Waals surface area contributed by atoms with Crippen LogP contribution in [-0.2, 0) is 20.8 Å². The lowest BCUT2D eigenvalue weighted by molar-refractivity contribution is -0.146. The van der Waals surface area contributed by atoms with Crippen molar-refractivity contribution < 1.29 is 14.4 Å². The predicted molar refractivity (Wildman–Crippen MR) is 125 cm³/mol. The molecule has 7 rings (SSSR count). The number of amides is 3. The summed E-state index contributed by atoms with van der Waals surface area (Å²) < 4.78 is 0. The van der Waals surface area contributed by atoms with Crippen LogP contribution in [0.25, 0.3) is 0 Å². The van der Waals surface area contributed by atoms with Gasteiger partial charge in [0.25, 0.3) is 0 Å². The van der Waals surface area contributed by atoms with Crippen molar-refractivity contribution in [1.29, 1.82) is 0 Å². The molecule has 0 unspecified atom stereocenters. The maximum atomic E-state index is 13.7. The second-order valence-corrected chi connectivity index (χ2v) is 10.3. The Bertz CT molecular complexity index is 1160. The highest BCUT2D eigenvalue weighted by molar-refractivity contribution is 6.31. The van der Waals surface area contributed by atoms with Crippen LogP contribution >= 0.6 is 11.6 Å². The van der Waals surface area contributed by atoms with E-state index in [0.717, 1.165) is 17.5 Å². The smallest absolute Gasteiger partial charge is 0.248 e. The van der Waals surface area contributed by atoms with Gasteiger partial charge in [-0.25, -0.2) is 0 Å². The normalized spacial score (nSPS) is 31.9. The molecule has 168 valence electrons. The van der Waals surface area contributed by atoms with Gasteiger partial charge >= 0.3 is 0 Å². The van der Waals surface area contributed by atoms with Crippen molar-refractivity contribution in [2.24, 2.45) is 35.5 Å². The van der Waals surface area contributed by atoms with Crippen LogP contribution in [0.15, 0.2) is 60.7 Å². The molecule has 1 N–H and O–H groups in total. The Morgan fingerprint density at radius 2 is 1.67 bits per heavy atom. The molecular formula is C27H25ClN2O3. The fraction of sp³-hybridized carbons (Fsp3) is 0.370. The van der Waals surface area contributed by atoms with E-state index in [1.165, 1.54) is 4.90 Å². The largest absolute Gasteiger partial charge is 0.324 e. The second-order valence-electron chi connectivity index (χ2n) is 9.86. The minimum absolute atomic E-state index is 0.127. The molecule has 2 bridgehead atoms. The number of aryl methyl sites for hydroxylation is 1. The van der Waals surface area contributed by atoms with Crippen LogP contribution in [0, 0.1) is 42.4 Å². The molecule has 4 aliphatic carbocycles. The van der Waals surface area contributed by atoms with Gasteiger partial charge in [-0.2, -0.15) is 0 Å². The van der Waals surface area contributed by atoms with Crippen LogP contribution in [0.3, 0.4) is 0 Å². The third-order valence-corrected chi connectivity index (χ3v) is 8.28. The zero-order chi connectivity index (χ0) is 22.9. The summed E-state index contributed by atoms with van der Waals surface area (Å²) in [6.45, 7) is 1.88. The van der Waals surface area contributed by atoms with E-state index >= 15 is 0 Å². The molecule has 6 heteroatoms. The maximum absolute atomic E-state index is 13.7. The number of anilines is 1. The van der Waals surface area contributed by atoms with Crippen LogP contribution in [-0.4, -0.2) is 28.7 Å². The van der Waals surface area contributed by atoms with Gasteiger partial charge in [0.05, 0.1) is 11.8 Å². The Kier molecular flexibility index (Phi) is 4.73. The summed E-state index contributed by atoms with van der Waals surface area (Å²) in [7, 11) is 0. The summed E-state index contributed by atoms with van der Waals surface area (Å²) in [6, 6.07) is 13.9. The summed E-state index contributed by atoms with van der Waals surface area (Å²) in [5, 5.41) is 3.45. The molecule has 0 aromatic heterocycles. The van der Waals surface area contributed by atoms with Gasteiger partial charge in [0.1, 0.15) is 6.04 Å². The topological polar surface area (TPSA) is 66.5 Å². The van der Waals surface area contributed by atoms with Crippen LogP contribution in [0.1, 0.15) is 17.5 Å². The Hall–Kier alpha value is -2.92. The summed E-state index contributed by atoms with van der Waals surface area (Å²) in [4.78, 5) is 42.3. The molecule has 1 saturated heterocycles. The summed E-state index contributed by atoms with van der Waals surface area (Å²) >= 11 is 6.15. The molecule has 3 fully saturated rings. The first-order valence-electron chi connectivity index (χ1n) is 11.6. The van der Waals surface area contributed by atoms with Gasteiger partial charge in [0.2, 0.25) is 17.7 Å². The van der Waals surface area contributed by atoms with E-state index in [1.807, 2.05) is 43.3 Å². The summed E-state index contributed by atoms with van der Waals surface area (Å²) in [5.74, 6) is -0.0891. The maximum Gasteiger partial charge on any atom is 0.248 e. The molecule has 2 aromatic rings. The number of likely N-dealkylation sites (tertiary alicyclic amines) is 1. The van der Waals surface area contributed by atoms with E-state index in [4.69, 9.17) is 11.6 Å². The van der Waals surface area contributed by atoms with Gasteiger partial charge in [-0.15, -0.1) is 0 Å². The molecule has 1 heterocycles. The molecule has 2 aromatic carbocycles. The zero-order valence-corrected chi connectivity index (χ0v) is 19.0. The number of carbonyl (C=O) groups is 3. The number of hydrogen-bond acceptors (Lipinski definition) is 3. The first-order chi connectivity index (χ1) is 15.9. The number of carbonyl (C=O) groups excluding carboxylic acids is 3. The van der Waals surface area contributed by atoms with Crippen LogP contribution in [0.4, 0.5) is 5.69 Å². The number of benzene rings is 2. The molecule has 3 amide bonds. The van der Waals surface area contributed by atoms with Gasteiger partial charge in [-0.1, -0.05) is 60.2 Å². The average molecular weight is 461 g/mol. The molecule has 0 radical (unpaired) electrons. The number of nitrogens with zero attached hydrogens (tertiary/aromatic N) is 1. The predicted octanol–water partition coefficient (Wildman–Crippen LogP) is 4.25. The molecule has 0 spiro atoms. The standard InChI is InChI=1S/C27H25ClN2O3/c1-14-7-8-16(28)12-21(14)29-25(31)22(11-15-5-3-2-4-6-15)30-26(32)23-17-9-10-18(20-13-19(17)20)24(23)27(30)33/h2-10,12,17-20,22-24H,11,13H2,1H3,(H,29,31)/t17-,18-,19-,20-,22-,23+,24+/m1/s1. The van der Waals surface area contributed by atoms with Gasteiger partial charge < -0.3 is 5.32 Å². The van der Waals surface area contributed by atoms with Crippen LogP contribution in [0.5, 0.6) is 0 Å². The van der Waals surface area contributed by atoms with Gasteiger partial charge in [-0.05, 0) is 60.3 Å². The summed E-state index contributed by atoms with van der Waals surface area (Å²) in [5.41, 5.74) is 2.35. The average Bonchev–Trinajstić information content (AvgIpc) is 3.59. The van der Waals surface area contributed by atoms with Crippen LogP contribution < -0.4 is 5.32 Å². The Balaban J connectivity index is 1.34. The lowest BCUT2D eigenvalue weighted by Crippen LogP contribution is -2.49. The quantitative estimate of drug-likeness (QED) is 0.535. The van der Waals surface area contributed by atoms with Crippen molar-refractivity contribution in [2.75, 3.05) is 5.32 Å². The first-order valence-corrected chi connectivity index (χ1v) is 12.0. The lowest BCUT2D eigenvalue weighted by atomic mass is 9.63. The van der Waals surface area contributed by atoms with Crippen molar-refractivity contribution in [3.8, 4) is 0 Å². The zero-order valence-electron chi connectivity index (χ0n) is 18.3. The monoisotopic (exact) mass is 460 g/mol. The molecule has 1 aliphatic heterocycles. The highest BCUT2D eigenvalue weighted by atomic mass is 35.5. The van der Waals surface area contributed by atoms with Crippen molar-refractivity contribution in [2.45, 2.75) is 25.8 Å². The van der Waals surface area contributed by atoms with E-state index in [9.17, 15) is 14.4 Å². The van der Waals surface area contributed by atoms with Crippen molar-refractivity contribution in [1.82, 2.24) is 4.90 Å². The van der Waals surface area contributed by atoms with E-state index in [-0.39, 0.29) is 47.8 Å². The number of halogens is 1. The fourth-order valence-electron chi connectivity index (χ4n) is 6.37. The number of hydrogen-bond donors (Lipinski definition) is 1.